The monoisotopic (exact) mass is 326 g/mol. The van der Waals surface area contributed by atoms with Crippen LogP contribution in [0.1, 0.15) is 2.85 Å². The molecule has 0 saturated heterocycles. The molecule has 0 spiro atoms. The Hall–Kier alpha value is -2.19. The normalized spacial score (nSPS) is 12.1. The number of halogens is 1. The molecule has 0 aliphatic heterocycles. The van der Waals surface area contributed by atoms with Crippen LogP contribution in [0.2, 0.25) is 0 Å². The Morgan fingerprint density at radius 3 is 3.05 bits per heavy atom. The van der Waals surface area contributed by atoms with Gasteiger partial charge in [-0.1, -0.05) is 0 Å². The maximum atomic E-state index is 13.2. The summed E-state index contributed by atoms with van der Waals surface area (Å²) < 4.78 is 39.3. The minimum atomic E-state index is -3.20. The highest BCUT2D eigenvalue weighted by atomic mass is 32.2. The van der Waals surface area contributed by atoms with Gasteiger partial charge in [0, 0.05) is 43.8 Å². The summed E-state index contributed by atoms with van der Waals surface area (Å²) in [6, 6.07) is 4.58. The molecule has 0 atom stereocenters. The third-order valence-electron chi connectivity index (χ3n) is 3.29. The number of nitrogens with zero attached hydrogens (tertiary/aromatic N) is 2. The number of benzene rings is 1. The average molecular weight is 326 g/mol. The highest BCUT2D eigenvalue weighted by molar-refractivity contribution is 7.88. The highest BCUT2D eigenvalue weighted by Crippen LogP contribution is 2.28. The lowest BCUT2D eigenvalue weighted by Gasteiger charge is -2.02. The molecular formula is C14H19FN4O2S. The number of aromatic amines is 1. The van der Waals surface area contributed by atoms with Gasteiger partial charge in [0.15, 0.2) is 0 Å². The molecule has 2 aromatic heterocycles. The van der Waals surface area contributed by atoms with Crippen LogP contribution in [0.4, 0.5) is 4.39 Å². The third kappa shape index (κ3) is 3.18. The highest BCUT2D eigenvalue weighted by Gasteiger charge is 2.09. The smallest absolute Gasteiger partial charge is 0.208 e. The van der Waals surface area contributed by atoms with E-state index in [-0.39, 0.29) is 15.2 Å². The summed E-state index contributed by atoms with van der Waals surface area (Å²) in [4.78, 5) is 3.03. The second-order valence-electron chi connectivity index (χ2n) is 5.05. The summed E-state index contributed by atoms with van der Waals surface area (Å²) in [5.74, 6) is -0.288. The topological polar surface area (TPSA) is 79.8 Å². The van der Waals surface area contributed by atoms with E-state index in [1.54, 1.807) is 23.1 Å². The predicted molar refractivity (Wildman–Crippen MR) is 86.6 cm³/mol. The minimum absolute atomic E-state index is 0. The fraction of sp³-hybridized carbons (Fsp3) is 0.214. The van der Waals surface area contributed by atoms with E-state index in [0.717, 1.165) is 28.3 Å². The summed E-state index contributed by atoms with van der Waals surface area (Å²) >= 11 is 0. The Bertz CT molecular complexity index is 924. The largest absolute Gasteiger partial charge is 0.360 e. The molecular weight excluding hydrogens is 307 g/mol. The number of hydrogen-bond donors (Lipinski definition) is 2. The number of fused-ring (bicyclic) bond motifs is 1. The molecule has 0 unspecified atom stereocenters. The van der Waals surface area contributed by atoms with E-state index >= 15 is 0 Å². The molecule has 3 aromatic rings. The molecule has 22 heavy (non-hydrogen) atoms. The Morgan fingerprint density at radius 1 is 1.45 bits per heavy atom. The van der Waals surface area contributed by atoms with Crippen molar-refractivity contribution in [2.24, 2.45) is 0 Å². The Morgan fingerprint density at radius 2 is 2.27 bits per heavy atom. The van der Waals surface area contributed by atoms with Crippen LogP contribution >= 0.6 is 0 Å². The van der Waals surface area contributed by atoms with Gasteiger partial charge in [0.05, 0.1) is 19.0 Å². The van der Waals surface area contributed by atoms with Crippen LogP contribution in [-0.4, -0.2) is 36.0 Å². The second kappa shape index (κ2) is 5.54. The van der Waals surface area contributed by atoms with E-state index in [4.69, 9.17) is 0 Å². The van der Waals surface area contributed by atoms with E-state index in [2.05, 4.69) is 14.8 Å². The molecule has 0 bridgehead atoms. The molecule has 8 heteroatoms. The van der Waals surface area contributed by atoms with E-state index in [9.17, 15) is 12.8 Å². The van der Waals surface area contributed by atoms with Gasteiger partial charge in [0.2, 0.25) is 10.0 Å². The fourth-order valence-corrected chi connectivity index (χ4v) is 2.77. The third-order valence-corrected chi connectivity index (χ3v) is 4.02. The molecule has 3 rings (SSSR count). The SMILES string of the molecule is CS(=O)(=O)NCCn1cc(-c2c[nH]c3cc(F)ccc23)cn1.[HH].[HH]. The summed E-state index contributed by atoms with van der Waals surface area (Å²) in [5.41, 5.74) is 2.54. The van der Waals surface area contributed by atoms with Crippen molar-refractivity contribution in [1.82, 2.24) is 19.5 Å². The van der Waals surface area contributed by atoms with Gasteiger partial charge in [0.1, 0.15) is 5.82 Å². The van der Waals surface area contributed by atoms with Gasteiger partial charge < -0.3 is 4.98 Å². The standard InChI is InChI=1S/C14H15FN4O2S.2H2/c1-22(20,21)18-4-5-19-9-10(7-17-19)13-8-16-14-6-11(15)2-3-12(13)14;;/h2-3,6-9,16,18H,4-5H2,1H3;2*1H. The molecule has 0 saturated carbocycles. The maximum absolute atomic E-state index is 13.2. The number of rotatable bonds is 5. The number of H-pyrrole nitrogens is 1. The Labute approximate surface area is 130 Å². The molecule has 2 heterocycles. The van der Waals surface area contributed by atoms with Gasteiger partial charge in [0.25, 0.3) is 0 Å². The lowest BCUT2D eigenvalue weighted by atomic mass is 10.1. The molecule has 0 aliphatic rings. The second-order valence-corrected chi connectivity index (χ2v) is 6.88. The first kappa shape index (κ1) is 14.7. The van der Waals surface area contributed by atoms with Crippen molar-refractivity contribution in [2.45, 2.75) is 6.54 Å². The quantitative estimate of drug-likeness (QED) is 0.754. The lowest BCUT2D eigenvalue weighted by Crippen LogP contribution is -2.26. The van der Waals surface area contributed by atoms with Gasteiger partial charge in [-0.15, -0.1) is 0 Å². The zero-order valence-electron chi connectivity index (χ0n) is 11.9. The first-order valence-electron chi connectivity index (χ1n) is 6.66. The maximum Gasteiger partial charge on any atom is 0.208 e. The molecule has 0 aliphatic carbocycles. The van der Waals surface area contributed by atoms with Crippen molar-refractivity contribution in [3.8, 4) is 11.1 Å². The zero-order valence-corrected chi connectivity index (χ0v) is 12.7. The summed E-state index contributed by atoms with van der Waals surface area (Å²) in [6.07, 6.45) is 6.45. The van der Waals surface area contributed by atoms with Gasteiger partial charge >= 0.3 is 0 Å². The molecule has 0 fully saturated rings. The first-order chi connectivity index (χ1) is 10.4. The summed E-state index contributed by atoms with van der Waals surface area (Å²) in [5, 5.41) is 5.12. The molecule has 120 valence electrons. The first-order valence-corrected chi connectivity index (χ1v) is 8.56. The number of sulfonamides is 1. The van der Waals surface area contributed by atoms with Crippen molar-refractivity contribution in [3.05, 3.63) is 42.6 Å². The minimum Gasteiger partial charge on any atom is -0.360 e. The van der Waals surface area contributed by atoms with Crippen LogP contribution < -0.4 is 4.72 Å². The van der Waals surface area contributed by atoms with Crippen molar-refractivity contribution < 1.29 is 15.7 Å². The van der Waals surface area contributed by atoms with Crippen LogP contribution in [0.25, 0.3) is 22.0 Å². The molecule has 0 radical (unpaired) electrons. The van der Waals surface area contributed by atoms with Crippen molar-refractivity contribution in [1.29, 1.82) is 0 Å². The van der Waals surface area contributed by atoms with Crippen LogP contribution in [-0.2, 0) is 16.6 Å². The Kier molecular flexibility index (Phi) is 3.71. The Balaban J connectivity index is 0.00000144. The zero-order chi connectivity index (χ0) is 15.7. The number of hydrogen-bond acceptors (Lipinski definition) is 3. The van der Waals surface area contributed by atoms with Crippen molar-refractivity contribution in [2.75, 3.05) is 12.8 Å². The summed E-state index contributed by atoms with van der Waals surface area (Å²) in [7, 11) is -3.20. The van der Waals surface area contributed by atoms with Gasteiger partial charge in [-0.25, -0.2) is 17.5 Å². The molecule has 0 amide bonds. The lowest BCUT2D eigenvalue weighted by molar-refractivity contribution is 0.565. The van der Waals surface area contributed by atoms with Crippen LogP contribution in [0, 0.1) is 5.82 Å². The van der Waals surface area contributed by atoms with E-state index in [1.807, 2.05) is 6.20 Å². The van der Waals surface area contributed by atoms with Crippen LogP contribution in [0.5, 0.6) is 0 Å². The van der Waals surface area contributed by atoms with Crippen molar-refractivity contribution >= 4 is 20.9 Å². The van der Waals surface area contributed by atoms with Gasteiger partial charge in [-0.2, -0.15) is 5.10 Å². The molecule has 6 nitrogen and oxygen atoms in total. The van der Waals surface area contributed by atoms with Crippen LogP contribution in [0.15, 0.2) is 36.8 Å². The van der Waals surface area contributed by atoms with E-state index < -0.39 is 10.0 Å². The van der Waals surface area contributed by atoms with Gasteiger partial charge in [-0.3, -0.25) is 4.68 Å². The fourth-order valence-electron chi connectivity index (χ4n) is 2.31. The van der Waals surface area contributed by atoms with Crippen LogP contribution in [0.3, 0.4) is 0 Å². The summed E-state index contributed by atoms with van der Waals surface area (Å²) in [6.45, 7) is 0.711. The predicted octanol–water partition coefficient (Wildman–Crippen LogP) is 2.21. The molecule has 1 aromatic carbocycles. The number of aromatic nitrogens is 3. The average Bonchev–Trinajstić information content (AvgIpc) is 3.03. The van der Waals surface area contributed by atoms with Crippen molar-refractivity contribution in [3.63, 3.8) is 0 Å². The number of nitrogens with one attached hydrogen (secondary N) is 2. The van der Waals surface area contributed by atoms with Gasteiger partial charge in [-0.05, 0) is 18.2 Å². The van der Waals surface area contributed by atoms with E-state index in [1.165, 1.54) is 12.1 Å². The molecule has 2 N–H and O–H groups in total. The van der Waals surface area contributed by atoms with E-state index in [0.29, 0.717) is 6.54 Å².